The molecule has 0 saturated heterocycles. The van der Waals surface area contributed by atoms with E-state index in [2.05, 4.69) is 9.84 Å². The van der Waals surface area contributed by atoms with Crippen LogP contribution < -0.4 is 10.5 Å². The van der Waals surface area contributed by atoms with E-state index >= 15 is 0 Å². The molecule has 8 nitrogen and oxygen atoms in total. The van der Waals surface area contributed by atoms with Crippen LogP contribution in [0.5, 0.6) is 5.88 Å². The van der Waals surface area contributed by atoms with E-state index in [0.717, 1.165) is 6.42 Å². The number of ether oxygens (including phenoxy) is 3. The largest absolute Gasteiger partial charge is 0.472 e. The van der Waals surface area contributed by atoms with Gasteiger partial charge in [-0.05, 0) is 5.92 Å². The predicted octanol–water partition coefficient (Wildman–Crippen LogP) is 1.15. The van der Waals surface area contributed by atoms with Crippen molar-refractivity contribution in [3.63, 3.8) is 0 Å². The normalized spacial score (nSPS) is 11.8. The second kappa shape index (κ2) is 8.26. The van der Waals surface area contributed by atoms with Crippen molar-refractivity contribution in [3.8, 4) is 5.88 Å². The molecule has 0 amide bonds. The molecule has 1 heterocycles. The number of methoxy groups -OCH3 is 1. The Kier molecular flexibility index (Phi) is 6.68. The molecule has 22 heavy (non-hydrogen) atoms. The lowest BCUT2D eigenvalue weighted by atomic mass is 10.1. The molecule has 0 aromatic carbocycles. The number of carbonyl (C=O) groups excluding carboxylic acids is 2. The number of nitrogens with zero attached hydrogens (tertiary/aromatic N) is 2. The second-order valence-electron chi connectivity index (χ2n) is 4.97. The van der Waals surface area contributed by atoms with Crippen molar-refractivity contribution < 1.29 is 23.8 Å². The Balaban J connectivity index is 2.50. The van der Waals surface area contributed by atoms with Gasteiger partial charge in [0.25, 0.3) is 0 Å². The van der Waals surface area contributed by atoms with Gasteiger partial charge < -0.3 is 19.9 Å². The number of rotatable bonds is 8. The molecule has 124 valence electrons. The molecule has 1 aromatic heterocycles. The van der Waals surface area contributed by atoms with E-state index in [0.29, 0.717) is 6.42 Å². The van der Waals surface area contributed by atoms with E-state index in [1.165, 1.54) is 11.8 Å². The minimum atomic E-state index is -0.630. The Bertz CT molecular complexity index is 527. The summed E-state index contributed by atoms with van der Waals surface area (Å²) in [6.45, 7) is 4.15. The third-order valence-electron chi connectivity index (χ3n) is 3.25. The van der Waals surface area contributed by atoms with Crippen LogP contribution in [0.1, 0.15) is 37.0 Å². The third kappa shape index (κ3) is 4.64. The van der Waals surface area contributed by atoms with Gasteiger partial charge in [-0.3, -0.25) is 4.79 Å². The molecule has 0 unspecified atom stereocenters. The van der Waals surface area contributed by atoms with Crippen molar-refractivity contribution in [2.75, 3.05) is 26.1 Å². The van der Waals surface area contributed by atoms with E-state index in [1.54, 1.807) is 7.05 Å². The standard InChI is InChI=1S/C14H23N3O5/c1-5-9(2)8-10(18)21-6-7-22-13-11(14(19)20-4)12(15)17(3)16-13/h9H,5-8,15H2,1-4H3/t9-/m1/s1. The van der Waals surface area contributed by atoms with Crippen LogP contribution in [0.15, 0.2) is 0 Å². The fraction of sp³-hybridized carbons (Fsp3) is 0.643. The van der Waals surface area contributed by atoms with Crippen molar-refractivity contribution in [1.82, 2.24) is 9.78 Å². The van der Waals surface area contributed by atoms with Crippen LogP contribution in [0, 0.1) is 5.92 Å². The Morgan fingerprint density at radius 3 is 2.64 bits per heavy atom. The molecule has 0 saturated carbocycles. The monoisotopic (exact) mass is 313 g/mol. The number of aromatic nitrogens is 2. The van der Waals surface area contributed by atoms with Gasteiger partial charge in [0, 0.05) is 13.5 Å². The summed E-state index contributed by atoms with van der Waals surface area (Å²) in [5, 5.41) is 3.99. The highest BCUT2D eigenvalue weighted by Crippen LogP contribution is 2.23. The molecule has 1 aromatic rings. The molecular weight excluding hydrogens is 290 g/mol. The maximum atomic E-state index is 11.6. The summed E-state index contributed by atoms with van der Waals surface area (Å²) >= 11 is 0. The summed E-state index contributed by atoms with van der Waals surface area (Å²) in [4.78, 5) is 23.2. The van der Waals surface area contributed by atoms with E-state index in [-0.39, 0.29) is 42.4 Å². The summed E-state index contributed by atoms with van der Waals surface area (Å²) in [6.07, 6.45) is 1.29. The highest BCUT2D eigenvalue weighted by molar-refractivity contribution is 5.96. The lowest BCUT2D eigenvalue weighted by molar-refractivity contribution is -0.145. The average molecular weight is 313 g/mol. The molecule has 2 N–H and O–H groups in total. The Hall–Kier alpha value is -2.25. The van der Waals surface area contributed by atoms with Gasteiger partial charge in [-0.1, -0.05) is 20.3 Å². The summed E-state index contributed by atoms with van der Waals surface area (Å²) in [7, 11) is 2.83. The minimum Gasteiger partial charge on any atom is -0.472 e. The van der Waals surface area contributed by atoms with Gasteiger partial charge in [0.15, 0.2) is 5.56 Å². The van der Waals surface area contributed by atoms with Crippen molar-refractivity contribution in [1.29, 1.82) is 0 Å². The number of hydrogen-bond donors (Lipinski definition) is 1. The first-order valence-corrected chi connectivity index (χ1v) is 7.09. The summed E-state index contributed by atoms with van der Waals surface area (Å²) in [6, 6.07) is 0. The summed E-state index contributed by atoms with van der Waals surface area (Å²) in [5.41, 5.74) is 5.80. The van der Waals surface area contributed by atoms with Crippen molar-refractivity contribution in [3.05, 3.63) is 5.56 Å². The van der Waals surface area contributed by atoms with Gasteiger partial charge >= 0.3 is 11.9 Å². The molecule has 0 aliphatic carbocycles. The van der Waals surface area contributed by atoms with Crippen molar-refractivity contribution in [2.24, 2.45) is 13.0 Å². The van der Waals surface area contributed by atoms with Crippen molar-refractivity contribution >= 4 is 17.8 Å². The van der Waals surface area contributed by atoms with Crippen LogP contribution in [0.3, 0.4) is 0 Å². The topological polar surface area (TPSA) is 106 Å². The lowest BCUT2D eigenvalue weighted by Crippen LogP contribution is -2.15. The maximum absolute atomic E-state index is 11.6. The molecule has 0 bridgehead atoms. The number of nitrogen functional groups attached to an aromatic ring is 1. The number of hydrogen-bond acceptors (Lipinski definition) is 7. The molecule has 0 radical (unpaired) electrons. The lowest BCUT2D eigenvalue weighted by Gasteiger charge is -2.09. The minimum absolute atomic E-state index is 0.0600. The summed E-state index contributed by atoms with van der Waals surface area (Å²) in [5.74, 6) is -0.406. The quantitative estimate of drug-likeness (QED) is 0.566. The Morgan fingerprint density at radius 2 is 2.05 bits per heavy atom. The van der Waals surface area contributed by atoms with Gasteiger partial charge in [-0.15, -0.1) is 5.10 Å². The number of anilines is 1. The predicted molar refractivity (Wildman–Crippen MR) is 79.5 cm³/mol. The number of aryl methyl sites for hydroxylation is 1. The zero-order valence-corrected chi connectivity index (χ0v) is 13.4. The second-order valence-corrected chi connectivity index (χ2v) is 4.97. The van der Waals surface area contributed by atoms with Gasteiger partial charge in [0.2, 0.25) is 5.88 Å². The zero-order chi connectivity index (χ0) is 16.7. The van der Waals surface area contributed by atoms with E-state index in [4.69, 9.17) is 15.2 Å². The molecular formula is C14H23N3O5. The molecule has 8 heteroatoms. The van der Waals surface area contributed by atoms with Crippen LogP contribution in [0.25, 0.3) is 0 Å². The number of carbonyl (C=O) groups is 2. The van der Waals surface area contributed by atoms with Crippen LogP contribution >= 0.6 is 0 Å². The SMILES string of the molecule is CC[C@@H](C)CC(=O)OCCOc1nn(C)c(N)c1C(=O)OC. The van der Waals surface area contributed by atoms with Gasteiger partial charge in [-0.2, -0.15) is 0 Å². The van der Waals surface area contributed by atoms with Gasteiger partial charge in [0.1, 0.15) is 19.0 Å². The van der Waals surface area contributed by atoms with E-state index in [9.17, 15) is 9.59 Å². The molecule has 0 aliphatic rings. The fourth-order valence-electron chi connectivity index (χ4n) is 1.69. The highest BCUT2D eigenvalue weighted by Gasteiger charge is 2.23. The van der Waals surface area contributed by atoms with E-state index in [1.807, 2.05) is 13.8 Å². The third-order valence-corrected chi connectivity index (χ3v) is 3.25. The first-order chi connectivity index (χ1) is 10.4. The summed E-state index contributed by atoms with van der Waals surface area (Å²) < 4.78 is 16.4. The zero-order valence-electron chi connectivity index (χ0n) is 13.4. The van der Waals surface area contributed by atoms with E-state index < -0.39 is 5.97 Å². The molecule has 0 aliphatic heterocycles. The van der Waals surface area contributed by atoms with Crippen LogP contribution in [0.4, 0.5) is 5.82 Å². The Labute approximate surface area is 129 Å². The first-order valence-electron chi connectivity index (χ1n) is 7.09. The fourth-order valence-corrected chi connectivity index (χ4v) is 1.69. The molecule has 0 fully saturated rings. The molecule has 1 atom stereocenters. The van der Waals surface area contributed by atoms with Crippen LogP contribution in [-0.2, 0) is 21.3 Å². The van der Waals surface area contributed by atoms with Gasteiger partial charge in [-0.25, -0.2) is 9.48 Å². The number of nitrogens with two attached hydrogens (primary N) is 1. The smallest absolute Gasteiger partial charge is 0.347 e. The number of esters is 2. The first kappa shape index (κ1) is 17.8. The molecule has 0 spiro atoms. The highest BCUT2D eigenvalue weighted by atomic mass is 16.6. The maximum Gasteiger partial charge on any atom is 0.347 e. The molecule has 1 rings (SSSR count). The van der Waals surface area contributed by atoms with Crippen LogP contribution in [0.2, 0.25) is 0 Å². The van der Waals surface area contributed by atoms with Crippen LogP contribution in [-0.4, -0.2) is 42.0 Å². The average Bonchev–Trinajstić information content (AvgIpc) is 2.77. The van der Waals surface area contributed by atoms with Crippen molar-refractivity contribution in [2.45, 2.75) is 26.7 Å². The Morgan fingerprint density at radius 1 is 1.36 bits per heavy atom. The van der Waals surface area contributed by atoms with Gasteiger partial charge in [0.05, 0.1) is 7.11 Å².